The fourth-order valence-electron chi connectivity index (χ4n) is 3.83. The van der Waals surface area contributed by atoms with Gasteiger partial charge in [-0.15, -0.1) is 10.2 Å². The van der Waals surface area contributed by atoms with Gasteiger partial charge in [-0.3, -0.25) is 4.79 Å². The molecule has 0 atom stereocenters. The van der Waals surface area contributed by atoms with Gasteiger partial charge in [-0.2, -0.15) is 13.2 Å². The molecule has 5 nitrogen and oxygen atoms in total. The molecular weight excluding hydrogens is 572 g/mol. The Labute approximate surface area is 219 Å². The van der Waals surface area contributed by atoms with E-state index in [4.69, 9.17) is 9.84 Å². The normalized spacial score (nSPS) is 14.5. The molecule has 0 fully saturated rings. The zero-order valence-corrected chi connectivity index (χ0v) is 22.3. The van der Waals surface area contributed by atoms with E-state index in [-0.39, 0.29) is 12.0 Å². The molecule has 1 aromatic rings. The van der Waals surface area contributed by atoms with Crippen molar-refractivity contribution in [1.82, 2.24) is 0 Å². The van der Waals surface area contributed by atoms with Gasteiger partial charge < -0.3 is 9.84 Å². The van der Waals surface area contributed by atoms with E-state index in [1.54, 1.807) is 6.07 Å². The Balaban J connectivity index is 1.45. The van der Waals surface area contributed by atoms with E-state index < -0.39 is 17.8 Å². The summed E-state index contributed by atoms with van der Waals surface area (Å²) in [5, 5.41) is 15.1. The van der Waals surface area contributed by atoms with E-state index in [9.17, 15) is 18.0 Å². The minimum atomic E-state index is -4.53. The van der Waals surface area contributed by atoms with Gasteiger partial charge in [0.05, 0.1) is 10.2 Å². The molecule has 1 aliphatic rings. The molecule has 0 saturated heterocycles. The number of carboxylic acid groups (broad SMARTS) is 1. The smallest absolute Gasteiger partial charge is 0.442 e. The number of benzene rings is 1. The summed E-state index contributed by atoms with van der Waals surface area (Å²) in [5.41, 5.74) is -2.41. The first-order valence-electron chi connectivity index (χ1n) is 12.6. The van der Waals surface area contributed by atoms with Gasteiger partial charge in [0, 0.05) is 12.0 Å². The molecule has 1 N–H and O–H groups in total. The minimum absolute atomic E-state index is 0.00227. The summed E-state index contributed by atoms with van der Waals surface area (Å²) in [4.78, 5) is 10.4. The van der Waals surface area contributed by atoms with Crippen LogP contribution in [0.5, 0.6) is 5.75 Å². The number of aliphatic carboxylic acids is 1. The zero-order valence-electron chi connectivity index (χ0n) is 20.2. The number of allylic oxidation sites excluding steroid dienone is 2. The lowest BCUT2D eigenvalue weighted by Gasteiger charge is -2.16. The van der Waals surface area contributed by atoms with Crippen LogP contribution in [0.2, 0.25) is 0 Å². The number of halogens is 4. The van der Waals surface area contributed by atoms with E-state index in [2.05, 4.69) is 45.0 Å². The van der Waals surface area contributed by atoms with Crippen LogP contribution in [0, 0.1) is 3.57 Å². The lowest BCUT2D eigenvalue weighted by molar-refractivity contribution is -0.166. The number of carboxylic acids is 1. The summed E-state index contributed by atoms with van der Waals surface area (Å²) in [5.74, 6) is -0.252. The highest BCUT2D eigenvalue weighted by molar-refractivity contribution is 14.1. The van der Waals surface area contributed by atoms with Crippen molar-refractivity contribution in [3.05, 3.63) is 39.5 Å². The summed E-state index contributed by atoms with van der Waals surface area (Å²) in [6, 6.07) is 4.43. The summed E-state index contributed by atoms with van der Waals surface area (Å²) in [7, 11) is 0. The highest BCUT2D eigenvalue weighted by Gasteiger charge is 2.65. The Morgan fingerprint density at radius 2 is 1.46 bits per heavy atom. The number of alkyl halides is 3. The second-order valence-corrected chi connectivity index (χ2v) is 10.1. The topological polar surface area (TPSA) is 71.2 Å². The Morgan fingerprint density at radius 1 is 0.914 bits per heavy atom. The van der Waals surface area contributed by atoms with Gasteiger partial charge in [-0.05, 0) is 73.2 Å². The summed E-state index contributed by atoms with van der Waals surface area (Å²) >= 11 is 2.06. The molecule has 1 aromatic carbocycles. The van der Waals surface area contributed by atoms with Gasteiger partial charge >= 0.3 is 17.8 Å². The Kier molecular flexibility index (Phi) is 13.1. The van der Waals surface area contributed by atoms with Crippen LogP contribution in [-0.2, 0) is 10.5 Å². The van der Waals surface area contributed by atoms with Crippen LogP contribution in [-0.4, -0.2) is 23.9 Å². The highest BCUT2D eigenvalue weighted by Crippen LogP contribution is 2.53. The predicted molar refractivity (Wildman–Crippen MR) is 139 cm³/mol. The minimum Gasteiger partial charge on any atom is -0.492 e. The number of unbranched alkanes of at least 4 members (excludes halogenated alkanes) is 11. The number of ether oxygens (including phenoxy) is 1. The van der Waals surface area contributed by atoms with Crippen LogP contribution in [0.25, 0.3) is 0 Å². The summed E-state index contributed by atoms with van der Waals surface area (Å²) in [6.07, 6.45) is 14.3. The van der Waals surface area contributed by atoms with E-state index in [1.165, 1.54) is 37.8 Å². The molecular formula is C26H36F3IN2O3. The average Bonchev–Trinajstić information content (AvgIpc) is 3.61. The fourth-order valence-corrected chi connectivity index (χ4v) is 4.32. The number of carbonyl (C=O) groups is 1. The van der Waals surface area contributed by atoms with Crippen molar-refractivity contribution in [1.29, 1.82) is 0 Å². The van der Waals surface area contributed by atoms with Crippen LogP contribution in [0.15, 0.2) is 40.6 Å². The third kappa shape index (κ3) is 10.9. The van der Waals surface area contributed by atoms with Gasteiger partial charge in [0.15, 0.2) is 0 Å². The van der Waals surface area contributed by atoms with E-state index >= 15 is 0 Å². The van der Waals surface area contributed by atoms with Crippen molar-refractivity contribution in [3.63, 3.8) is 0 Å². The Hall–Kier alpha value is -1.65. The highest BCUT2D eigenvalue weighted by atomic mass is 127. The number of hydrogen-bond donors (Lipinski definition) is 1. The molecule has 1 aliphatic heterocycles. The molecule has 0 bridgehead atoms. The fraction of sp³-hybridized carbons (Fsp3) is 0.654. The average molecular weight is 608 g/mol. The molecule has 0 aromatic heterocycles. The second-order valence-electron chi connectivity index (χ2n) is 8.95. The van der Waals surface area contributed by atoms with Crippen LogP contribution in [0.1, 0.15) is 95.5 Å². The maximum atomic E-state index is 13.2. The Bertz CT molecular complexity index is 838. The van der Waals surface area contributed by atoms with Gasteiger partial charge in [0.1, 0.15) is 5.75 Å². The predicted octanol–water partition coefficient (Wildman–Crippen LogP) is 8.95. The summed E-state index contributed by atoms with van der Waals surface area (Å²) in [6.45, 7) is 0.481. The number of hydrogen-bond acceptors (Lipinski definition) is 4. The van der Waals surface area contributed by atoms with Crippen molar-refractivity contribution < 1.29 is 27.8 Å². The SMILES string of the molecule is O=C(O)CCCCCCC/C=C\CCCCCCCCOc1cc(C2(C(F)(F)F)N=N2)ccc1I. The van der Waals surface area contributed by atoms with Crippen LogP contribution >= 0.6 is 22.6 Å². The third-order valence-corrected chi connectivity index (χ3v) is 6.87. The maximum Gasteiger partial charge on any atom is 0.442 e. The van der Waals surface area contributed by atoms with Gasteiger partial charge in [0.2, 0.25) is 0 Å². The first-order valence-corrected chi connectivity index (χ1v) is 13.6. The largest absolute Gasteiger partial charge is 0.492 e. The molecule has 0 spiro atoms. The maximum absolute atomic E-state index is 13.2. The first-order chi connectivity index (χ1) is 16.8. The lowest BCUT2D eigenvalue weighted by Crippen LogP contribution is -2.30. The van der Waals surface area contributed by atoms with E-state index in [0.717, 1.165) is 61.4 Å². The molecule has 196 valence electrons. The van der Waals surface area contributed by atoms with Gasteiger partial charge in [-0.1, -0.05) is 63.2 Å². The summed E-state index contributed by atoms with van der Waals surface area (Å²) < 4.78 is 46.1. The molecule has 2 rings (SSSR count). The molecule has 35 heavy (non-hydrogen) atoms. The standard InChI is InChI=1S/C26H36F3IN2O3/c27-26(28,29)25(31-32-25)21-17-18-22(30)23(20-21)35-19-15-13-11-9-7-5-3-1-2-4-6-8-10-12-14-16-24(33)34/h1-2,17-18,20H,3-16,19H2,(H,33,34)/b2-1-. The van der Waals surface area contributed by atoms with E-state index in [0.29, 0.717) is 12.4 Å². The lowest BCUT2D eigenvalue weighted by atomic mass is 10.0. The van der Waals surface area contributed by atoms with Crippen molar-refractivity contribution >= 4 is 28.6 Å². The van der Waals surface area contributed by atoms with E-state index in [1.807, 2.05) is 0 Å². The quantitative estimate of drug-likeness (QED) is 0.0969. The number of rotatable bonds is 19. The third-order valence-electron chi connectivity index (χ3n) is 5.98. The molecule has 0 amide bonds. The Morgan fingerprint density at radius 3 is 2.00 bits per heavy atom. The molecule has 1 heterocycles. The van der Waals surface area contributed by atoms with Crippen molar-refractivity contribution in [2.24, 2.45) is 10.2 Å². The van der Waals surface area contributed by atoms with Gasteiger partial charge in [-0.25, -0.2) is 0 Å². The first kappa shape index (κ1) is 29.6. The number of nitrogens with zero attached hydrogens (tertiary/aromatic N) is 2. The van der Waals surface area contributed by atoms with Gasteiger partial charge in [0.25, 0.3) is 0 Å². The molecule has 0 unspecified atom stereocenters. The molecule has 0 saturated carbocycles. The molecule has 0 aliphatic carbocycles. The van der Waals surface area contributed by atoms with Crippen molar-refractivity contribution in [3.8, 4) is 5.75 Å². The second kappa shape index (κ2) is 15.5. The molecule has 9 heteroatoms. The van der Waals surface area contributed by atoms with Crippen molar-refractivity contribution in [2.45, 2.75) is 102 Å². The van der Waals surface area contributed by atoms with Crippen molar-refractivity contribution in [2.75, 3.05) is 6.61 Å². The monoisotopic (exact) mass is 608 g/mol. The van der Waals surface area contributed by atoms with Crippen LogP contribution in [0.4, 0.5) is 13.2 Å². The molecule has 0 radical (unpaired) electrons. The zero-order chi connectivity index (χ0) is 25.6. The van der Waals surface area contributed by atoms with Crippen LogP contribution in [0.3, 0.4) is 0 Å². The van der Waals surface area contributed by atoms with Crippen LogP contribution < -0.4 is 4.74 Å².